The number of esters is 1. The van der Waals surface area contributed by atoms with Crippen LogP contribution < -0.4 is 4.74 Å². The van der Waals surface area contributed by atoms with Crippen LogP contribution in [0.3, 0.4) is 0 Å². The maximum absolute atomic E-state index is 11.9. The van der Waals surface area contributed by atoms with Crippen molar-refractivity contribution in [2.75, 3.05) is 20.8 Å². The first-order valence-electron chi connectivity index (χ1n) is 9.15. The number of ether oxygens (including phenoxy) is 3. The van der Waals surface area contributed by atoms with Gasteiger partial charge in [-0.05, 0) is 54.8 Å². The van der Waals surface area contributed by atoms with Crippen LogP contribution in [0.5, 0.6) is 11.5 Å². The van der Waals surface area contributed by atoms with Gasteiger partial charge in [-0.25, -0.2) is 0 Å². The minimum Gasteiger partial charge on any atom is -0.504 e. The summed E-state index contributed by atoms with van der Waals surface area (Å²) in [7, 11) is 2.88. The fourth-order valence-electron chi connectivity index (χ4n) is 2.87. The molecule has 0 aromatic heterocycles. The number of benzene rings is 1. The van der Waals surface area contributed by atoms with E-state index in [1.165, 1.54) is 33.3 Å². The molecular weight excluding hydrogens is 376 g/mol. The maximum Gasteiger partial charge on any atom is 0.306 e. The van der Waals surface area contributed by atoms with E-state index in [2.05, 4.69) is 0 Å². The summed E-state index contributed by atoms with van der Waals surface area (Å²) in [6.45, 7) is 1.40. The summed E-state index contributed by atoms with van der Waals surface area (Å²) in [6, 6.07) is 4.92. The molecule has 0 saturated heterocycles. The van der Waals surface area contributed by atoms with Crippen LogP contribution in [0.2, 0.25) is 0 Å². The summed E-state index contributed by atoms with van der Waals surface area (Å²) >= 11 is 0. The van der Waals surface area contributed by atoms with Crippen LogP contribution in [0.1, 0.15) is 18.9 Å². The van der Waals surface area contributed by atoms with E-state index < -0.39 is 17.5 Å². The van der Waals surface area contributed by atoms with Gasteiger partial charge in [-0.15, -0.1) is 0 Å². The molecule has 1 aromatic rings. The van der Waals surface area contributed by atoms with Gasteiger partial charge in [0.05, 0.1) is 7.11 Å². The third kappa shape index (κ3) is 5.79. The van der Waals surface area contributed by atoms with Crippen LogP contribution in [0.25, 0.3) is 0 Å². The molecule has 156 valence electrons. The van der Waals surface area contributed by atoms with Gasteiger partial charge in [0.25, 0.3) is 0 Å². The van der Waals surface area contributed by atoms with E-state index in [4.69, 9.17) is 14.2 Å². The highest BCUT2D eigenvalue weighted by atomic mass is 16.5. The quantitative estimate of drug-likeness (QED) is 0.611. The Hall–Kier alpha value is -2.90. The fourth-order valence-corrected chi connectivity index (χ4v) is 2.87. The van der Waals surface area contributed by atoms with Crippen LogP contribution in [0.15, 0.2) is 54.2 Å². The van der Waals surface area contributed by atoms with Gasteiger partial charge < -0.3 is 24.4 Å². The SMILES string of the molecule is COc1cc(CCC(=O)OC/C=C/C2=CC(OC)C(O)(C(C)=O)C=C2)ccc1O. The van der Waals surface area contributed by atoms with E-state index in [1.807, 2.05) is 0 Å². The van der Waals surface area contributed by atoms with Crippen molar-refractivity contribution in [1.82, 2.24) is 0 Å². The first-order chi connectivity index (χ1) is 13.8. The van der Waals surface area contributed by atoms with E-state index in [0.29, 0.717) is 12.2 Å². The molecule has 1 aliphatic carbocycles. The fraction of sp³-hybridized carbons (Fsp3) is 0.364. The average molecular weight is 402 g/mol. The number of methoxy groups -OCH3 is 2. The second-order valence-electron chi connectivity index (χ2n) is 6.63. The van der Waals surface area contributed by atoms with E-state index in [-0.39, 0.29) is 24.7 Å². The van der Waals surface area contributed by atoms with Gasteiger partial charge in [-0.3, -0.25) is 9.59 Å². The lowest BCUT2D eigenvalue weighted by molar-refractivity contribution is -0.142. The Bertz CT molecular complexity index is 838. The molecule has 0 bridgehead atoms. The summed E-state index contributed by atoms with van der Waals surface area (Å²) in [5, 5.41) is 19.9. The van der Waals surface area contributed by atoms with Crippen molar-refractivity contribution in [2.24, 2.45) is 0 Å². The molecule has 29 heavy (non-hydrogen) atoms. The molecular formula is C22H26O7. The Labute approximate surface area is 169 Å². The highest BCUT2D eigenvalue weighted by Gasteiger charge is 2.39. The van der Waals surface area contributed by atoms with Gasteiger partial charge in [0.1, 0.15) is 12.7 Å². The van der Waals surface area contributed by atoms with Crippen molar-refractivity contribution < 1.29 is 34.0 Å². The summed E-state index contributed by atoms with van der Waals surface area (Å²) in [4.78, 5) is 23.5. The summed E-state index contributed by atoms with van der Waals surface area (Å²) in [5.41, 5.74) is -0.0849. The molecule has 0 radical (unpaired) electrons. The van der Waals surface area contributed by atoms with E-state index in [9.17, 15) is 19.8 Å². The number of rotatable bonds is 9. The number of phenols is 1. The second kappa shape index (κ2) is 10.0. The van der Waals surface area contributed by atoms with Crippen LogP contribution in [0.4, 0.5) is 0 Å². The number of aromatic hydroxyl groups is 1. The standard InChI is InChI=1S/C22H26O7/c1-15(23)22(26)11-10-16(14-20(22)28-3)5-4-12-29-21(25)9-7-17-6-8-18(24)19(13-17)27-2/h4-6,8,10-11,13-14,20,24,26H,7,9,12H2,1-3H3/b5-4+. The zero-order valence-corrected chi connectivity index (χ0v) is 16.8. The number of aryl methyl sites for hydroxylation is 1. The van der Waals surface area contributed by atoms with E-state index >= 15 is 0 Å². The zero-order valence-electron chi connectivity index (χ0n) is 16.8. The van der Waals surface area contributed by atoms with Crippen LogP contribution >= 0.6 is 0 Å². The number of hydrogen-bond donors (Lipinski definition) is 2. The van der Waals surface area contributed by atoms with Crippen LogP contribution in [-0.2, 0) is 25.5 Å². The molecule has 0 amide bonds. The molecule has 1 aliphatic rings. The van der Waals surface area contributed by atoms with Gasteiger partial charge in [0.15, 0.2) is 22.9 Å². The van der Waals surface area contributed by atoms with Gasteiger partial charge in [0, 0.05) is 13.5 Å². The Kier molecular flexibility index (Phi) is 7.75. The first kappa shape index (κ1) is 22.4. The summed E-state index contributed by atoms with van der Waals surface area (Å²) in [6.07, 6.45) is 7.93. The predicted octanol–water partition coefficient (Wildman–Crippen LogP) is 2.26. The molecule has 0 fully saturated rings. The molecule has 0 saturated carbocycles. The van der Waals surface area contributed by atoms with Gasteiger partial charge in [0.2, 0.25) is 0 Å². The first-order valence-corrected chi connectivity index (χ1v) is 9.15. The number of hydrogen-bond acceptors (Lipinski definition) is 7. The van der Waals surface area contributed by atoms with Crippen molar-refractivity contribution in [3.05, 3.63) is 59.7 Å². The number of carbonyl (C=O) groups excluding carboxylic acids is 2. The van der Waals surface area contributed by atoms with Crippen molar-refractivity contribution in [3.8, 4) is 11.5 Å². The smallest absolute Gasteiger partial charge is 0.306 e. The Balaban J connectivity index is 1.81. The average Bonchev–Trinajstić information content (AvgIpc) is 2.71. The van der Waals surface area contributed by atoms with Gasteiger partial charge in [-0.1, -0.05) is 18.2 Å². The Morgan fingerprint density at radius 1 is 1.28 bits per heavy atom. The maximum atomic E-state index is 11.9. The minimum absolute atomic E-state index is 0.0486. The largest absolute Gasteiger partial charge is 0.504 e. The lowest BCUT2D eigenvalue weighted by atomic mass is 9.86. The van der Waals surface area contributed by atoms with Crippen molar-refractivity contribution in [2.45, 2.75) is 31.5 Å². The molecule has 2 atom stereocenters. The van der Waals surface area contributed by atoms with Crippen molar-refractivity contribution in [1.29, 1.82) is 0 Å². The second-order valence-corrected chi connectivity index (χ2v) is 6.63. The predicted molar refractivity (Wildman–Crippen MR) is 107 cm³/mol. The number of phenolic OH excluding ortho intramolecular Hbond substituents is 1. The Morgan fingerprint density at radius 2 is 2.03 bits per heavy atom. The molecule has 7 nitrogen and oxygen atoms in total. The number of ketones is 1. The Morgan fingerprint density at radius 3 is 2.69 bits per heavy atom. The molecule has 2 unspecified atom stereocenters. The lowest BCUT2D eigenvalue weighted by Gasteiger charge is -2.31. The summed E-state index contributed by atoms with van der Waals surface area (Å²) < 4.78 is 15.4. The molecule has 1 aromatic carbocycles. The number of allylic oxidation sites excluding steroid dienone is 3. The molecule has 2 rings (SSSR count). The molecule has 0 aliphatic heterocycles. The highest BCUT2D eigenvalue weighted by molar-refractivity contribution is 5.88. The van der Waals surface area contributed by atoms with Gasteiger partial charge in [-0.2, -0.15) is 0 Å². The number of Topliss-reactive ketones (excluding diaryl/α,β-unsaturated/α-hetero) is 1. The monoisotopic (exact) mass is 402 g/mol. The topological polar surface area (TPSA) is 102 Å². The van der Waals surface area contributed by atoms with E-state index in [1.54, 1.807) is 36.4 Å². The third-order valence-corrected chi connectivity index (χ3v) is 4.64. The highest BCUT2D eigenvalue weighted by Crippen LogP contribution is 2.27. The molecule has 0 heterocycles. The van der Waals surface area contributed by atoms with E-state index in [0.717, 1.165) is 11.1 Å². The zero-order chi connectivity index (χ0) is 21.4. The van der Waals surface area contributed by atoms with Gasteiger partial charge >= 0.3 is 5.97 Å². The molecule has 7 heteroatoms. The number of aliphatic hydroxyl groups is 1. The normalized spacial score (nSPS) is 21.1. The van der Waals surface area contributed by atoms with Crippen LogP contribution in [0, 0.1) is 0 Å². The summed E-state index contributed by atoms with van der Waals surface area (Å²) in [5.74, 6) is -0.346. The third-order valence-electron chi connectivity index (χ3n) is 4.64. The van der Waals surface area contributed by atoms with Crippen LogP contribution in [-0.4, -0.2) is 54.5 Å². The number of carbonyl (C=O) groups is 2. The van der Waals surface area contributed by atoms with Crippen molar-refractivity contribution >= 4 is 11.8 Å². The minimum atomic E-state index is -1.67. The lowest BCUT2D eigenvalue weighted by Crippen LogP contribution is -2.48. The molecule has 0 spiro atoms. The van der Waals surface area contributed by atoms with Crippen molar-refractivity contribution in [3.63, 3.8) is 0 Å². The molecule has 2 N–H and O–H groups in total.